The lowest BCUT2D eigenvalue weighted by molar-refractivity contribution is 1.12. The minimum atomic E-state index is 0.714. The topological polar surface area (TPSA) is 63.8 Å². The van der Waals surface area contributed by atoms with Gasteiger partial charge in [0.25, 0.3) is 0 Å². The van der Waals surface area contributed by atoms with E-state index in [-0.39, 0.29) is 0 Å². The minimum absolute atomic E-state index is 0.714. The summed E-state index contributed by atoms with van der Waals surface area (Å²) in [7, 11) is 0. The third-order valence-electron chi connectivity index (χ3n) is 3.31. The van der Waals surface area contributed by atoms with E-state index in [9.17, 15) is 0 Å². The van der Waals surface area contributed by atoms with Crippen LogP contribution in [0.3, 0.4) is 0 Å². The number of rotatable bonds is 3. The number of fused-ring (bicyclic) bond motifs is 1. The van der Waals surface area contributed by atoms with E-state index >= 15 is 0 Å². The van der Waals surface area contributed by atoms with Gasteiger partial charge in [-0.15, -0.1) is 11.3 Å². The molecule has 0 spiro atoms. The second-order valence-corrected chi connectivity index (χ2v) is 6.15. The fourth-order valence-electron chi connectivity index (χ4n) is 2.12. The van der Waals surface area contributed by atoms with Crippen LogP contribution in [0.4, 0.5) is 11.5 Å². The smallest absolute Gasteiger partial charge is 0.137 e. The highest BCUT2D eigenvalue weighted by atomic mass is 32.1. The van der Waals surface area contributed by atoms with Crippen molar-refractivity contribution in [3.8, 4) is 0 Å². The molecule has 1 aromatic carbocycles. The van der Waals surface area contributed by atoms with E-state index in [2.05, 4.69) is 35.2 Å². The molecule has 0 saturated heterocycles. The highest BCUT2D eigenvalue weighted by Crippen LogP contribution is 2.24. The lowest BCUT2D eigenvalue weighted by Crippen LogP contribution is -2.01. The highest BCUT2D eigenvalue weighted by molar-refractivity contribution is 7.12. The first-order chi connectivity index (χ1) is 9.63. The number of aryl methyl sites for hydroxylation is 2. The first-order valence-corrected chi connectivity index (χ1v) is 7.25. The molecule has 0 aliphatic heterocycles. The number of nitrogen functional groups attached to an aromatic ring is 1. The molecule has 2 aromatic heterocycles. The predicted octanol–water partition coefficient (Wildman–Crippen LogP) is 3.50. The van der Waals surface area contributed by atoms with Crippen molar-refractivity contribution < 1.29 is 0 Å². The van der Waals surface area contributed by atoms with Crippen molar-refractivity contribution in [1.82, 2.24) is 9.97 Å². The molecule has 0 atom stereocenters. The number of hydrogen-bond acceptors (Lipinski definition) is 5. The van der Waals surface area contributed by atoms with Gasteiger partial charge < -0.3 is 11.1 Å². The van der Waals surface area contributed by atoms with Crippen LogP contribution in [0.15, 0.2) is 30.6 Å². The Balaban J connectivity index is 1.87. The zero-order valence-corrected chi connectivity index (χ0v) is 12.3. The monoisotopic (exact) mass is 284 g/mol. The average molecular weight is 284 g/mol. The summed E-state index contributed by atoms with van der Waals surface area (Å²) in [5, 5.41) is 4.37. The van der Waals surface area contributed by atoms with Crippen molar-refractivity contribution in [2.24, 2.45) is 0 Å². The summed E-state index contributed by atoms with van der Waals surface area (Å²) >= 11 is 1.82. The molecule has 0 saturated carbocycles. The van der Waals surface area contributed by atoms with Crippen molar-refractivity contribution in [1.29, 1.82) is 0 Å². The second kappa shape index (κ2) is 5.09. The van der Waals surface area contributed by atoms with Gasteiger partial charge in [0.1, 0.15) is 12.1 Å². The zero-order chi connectivity index (χ0) is 14.1. The first kappa shape index (κ1) is 12.9. The van der Waals surface area contributed by atoms with Gasteiger partial charge in [-0.2, -0.15) is 0 Å². The maximum absolute atomic E-state index is 5.78. The minimum Gasteiger partial charge on any atom is -0.399 e. The Hall–Kier alpha value is -2.14. The van der Waals surface area contributed by atoms with E-state index in [1.165, 1.54) is 15.3 Å². The van der Waals surface area contributed by atoms with Gasteiger partial charge in [-0.05, 0) is 43.7 Å². The molecule has 3 rings (SSSR count). The first-order valence-electron chi connectivity index (χ1n) is 6.43. The van der Waals surface area contributed by atoms with E-state index in [0.717, 1.165) is 23.3 Å². The van der Waals surface area contributed by atoms with Crippen molar-refractivity contribution in [2.45, 2.75) is 20.4 Å². The Labute approximate surface area is 121 Å². The molecule has 3 aromatic rings. The van der Waals surface area contributed by atoms with Crippen LogP contribution in [-0.2, 0) is 6.54 Å². The molecular formula is C15H16N4S. The van der Waals surface area contributed by atoms with Crippen molar-refractivity contribution in [3.63, 3.8) is 0 Å². The van der Waals surface area contributed by atoms with Gasteiger partial charge in [0.2, 0.25) is 0 Å². The molecular weight excluding hydrogens is 268 g/mol. The van der Waals surface area contributed by atoms with Gasteiger partial charge in [0.15, 0.2) is 0 Å². The van der Waals surface area contributed by atoms with E-state index < -0.39 is 0 Å². The van der Waals surface area contributed by atoms with Gasteiger partial charge >= 0.3 is 0 Å². The third-order valence-corrected chi connectivity index (χ3v) is 4.46. The van der Waals surface area contributed by atoms with Crippen LogP contribution in [0, 0.1) is 13.8 Å². The maximum Gasteiger partial charge on any atom is 0.137 e. The molecule has 0 bridgehead atoms. The number of aromatic nitrogens is 2. The van der Waals surface area contributed by atoms with E-state index in [0.29, 0.717) is 5.69 Å². The highest BCUT2D eigenvalue weighted by Gasteiger charge is 2.05. The van der Waals surface area contributed by atoms with Crippen LogP contribution in [-0.4, -0.2) is 9.97 Å². The number of nitrogens with one attached hydrogen (secondary N) is 1. The quantitative estimate of drug-likeness (QED) is 0.722. The van der Waals surface area contributed by atoms with Gasteiger partial charge in [-0.25, -0.2) is 9.97 Å². The zero-order valence-electron chi connectivity index (χ0n) is 11.5. The molecule has 2 heterocycles. The molecule has 102 valence electrons. The van der Waals surface area contributed by atoms with Crippen LogP contribution < -0.4 is 11.1 Å². The molecule has 3 N–H and O–H groups in total. The van der Waals surface area contributed by atoms with Crippen molar-refractivity contribution in [2.75, 3.05) is 11.1 Å². The Bertz CT molecular complexity index is 744. The Morgan fingerprint density at radius 2 is 2.05 bits per heavy atom. The summed E-state index contributed by atoms with van der Waals surface area (Å²) in [5.41, 5.74) is 8.70. The van der Waals surface area contributed by atoms with Gasteiger partial charge in [0.05, 0.1) is 12.1 Å². The van der Waals surface area contributed by atoms with Crippen molar-refractivity contribution in [3.05, 3.63) is 45.9 Å². The van der Waals surface area contributed by atoms with Crippen LogP contribution in [0.5, 0.6) is 0 Å². The molecule has 0 aliphatic carbocycles. The normalized spacial score (nSPS) is 10.9. The van der Waals surface area contributed by atoms with E-state index in [1.54, 1.807) is 6.33 Å². The fraction of sp³-hybridized carbons (Fsp3) is 0.200. The molecule has 0 amide bonds. The predicted molar refractivity (Wildman–Crippen MR) is 85.1 cm³/mol. The van der Waals surface area contributed by atoms with Gasteiger partial charge in [-0.1, -0.05) is 0 Å². The van der Waals surface area contributed by atoms with Crippen LogP contribution in [0.1, 0.15) is 15.3 Å². The third kappa shape index (κ3) is 2.44. The lowest BCUT2D eigenvalue weighted by atomic mass is 10.2. The SMILES string of the molecule is Cc1cc(CNc2ncnc3cc(N)ccc23)sc1C. The Kier molecular flexibility index (Phi) is 3.28. The summed E-state index contributed by atoms with van der Waals surface area (Å²) in [4.78, 5) is 11.2. The second-order valence-electron chi connectivity index (χ2n) is 4.80. The Morgan fingerprint density at radius 3 is 2.80 bits per heavy atom. The van der Waals surface area contributed by atoms with Crippen LogP contribution in [0.2, 0.25) is 0 Å². The van der Waals surface area contributed by atoms with Gasteiger partial charge in [-0.3, -0.25) is 0 Å². The molecule has 0 fully saturated rings. The number of hydrogen-bond donors (Lipinski definition) is 2. The summed E-state index contributed by atoms with van der Waals surface area (Å²) in [6, 6.07) is 7.91. The summed E-state index contributed by atoms with van der Waals surface area (Å²) in [6.07, 6.45) is 1.56. The summed E-state index contributed by atoms with van der Waals surface area (Å²) < 4.78 is 0. The fourth-order valence-corrected chi connectivity index (χ4v) is 3.12. The van der Waals surface area contributed by atoms with E-state index in [1.807, 2.05) is 29.5 Å². The number of benzene rings is 1. The number of nitrogens with zero attached hydrogens (tertiary/aromatic N) is 2. The van der Waals surface area contributed by atoms with Gasteiger partial charge in [0, 0.05) is 20.8 Å². The molecule has 5 heteroatoms. The number of thiophene rings is 1. The molecule has 20 heavy (non-hydrogen) atoms. The molecule has 0 aliphatic rings. The average Bonchev–Trinajstić information content (AvgIpc) is 2.75. The summed E-state index contributed by atoms with van der Waals surface area (Å²) in [5.74, 6) is 0.846. The van der Waals surface area contributed by atoms with Crippen LogP contribution >= 0.6 is 11.3 Å². The van der Waals surface area contributed by atoms with E-state index in [4.69, 9.17) is 5.73 Å². The lowest BCUT2D eigenvalue weighted by Gasteiger charge is -2.07. The van der Waals surface area contributed by atoms with Crippen LogP contribution in [0.25, 0.3) is 10.9 Å². The standard InChI is InChI=1S/C15H16N4S/c1-9-5-12(20-10(9)2)7-17-15-13-4-3-11(16)6-14(13)18-8-19-15/h3-6,8H,7,16H2,1-2H3,(H,17,18,19). The molecule has 0 unspecified atom stereocenters. The largest absolute Gasteiger partial charge is 0.399 e. The van der Waals surface area contributed by atoms with Crippen molar-refractivity contribution >= 4 is 33.7 Å². The number of nitrogens with two attached hydrogens (primary N) is 1. The molecule has 0 radical (unpaired) electrons. The Morgan fingerprint density at radius 1 is 1.20 bits per heavy atom. The summed E-state index contributed by atoms with van der Waals surface area (Å²) in [6.45, 7) is 5.06. The molecule has 4 nitrogen and oxygen atoms in total. The maximum atomic E-state index is 5.78. The number of anilines is 2.